The van der Waals surface area contributed by atoms with Crippen LogP contribution in [0, 0.1) is 0 Å². The van der Waals surface area contributed by atoms with Crippen LogP contribution in [-0.2, 0) is 4.79 Å². The first-order valence-corrected chi connectivity index (χ1v) is 5.06. The van der Waals surface area contributed by atoms with Crippen LogP contribution < -0.4 is 4.74 Å². The molecule has 1 unspecified atom stereocenters. The van der Waals surface area contributed by atoms with Crippen LogP contribution in [0.5, 0.6) is 5.75 Å². The number of hydrogen-bond acceptors (Lipinski definition) is 2. The van der Waals surface area contributed by atoms with Crippen molar-refractivity contribution in [3.8, 4) is 5.75 Å². The van der Waals surface area contributed by atoms with Crippen molar-refractivity contribution in [1.82, 2.24) is 0 Å². The van der Waals surface area contributed by atoms with Crippen molar-refractivity contribution >= 4 is 17.6 Å². The topological polar surface area (TPSA) is 46.5 Å². The Hall–Kier alpha value is -1.29. The highest BCUT2D eigenvalue weighted by molar-refractivity contribution is 6.32. The van der Waals surface area contributed by atoms with Gasteiger partial charge in [-0.05, 0) is 19.1 Å². The molecule has 0 aliphatic rings. The minimum atomic E-state index is -1.91. The molecule has 1 atom stereocenters. The molecule has 0 saturated carbocycles. The lowest BCUT2D eigenvalue weighted by molar-refractivity contribution is -0.140. The fourth-order valence-corrected chi connectivity index (χ4v) is 1.35. The predicted octanol–water partition coefficient (Wildman–Crippen LogP) is 2.92. The Labute approximate surface area is 97.8 Å². The van der Waals surface area contributed by atoms with E-state index < -0.39 is 18.1 Å². The molecule has 0 aliphatic carbocycles. The molecule has 0 aromatic heterocycles. The van der Waals surface area contributed by atoms with Gasteiger partial charge in [0.25, 0.3) is 0 Å². The van der Waals surface area contributed by atoms with Crippen LogP contribution in [0.1, 0.15) is 13.3 Å². The Balaban J connectivity index is 2.57. The monoisotopic (exact) mass is 246 g/mol. The molecule has 0 spiro atoms. The molecule has 88 valence electrons. The van der Waals surface area contributed by atoms with Gasteiger partial charge in [0, 0.05) is 0 Å². The summed E-state index contributed by atoms with van der Waals surface area (Å²) in [5.41, 5.74) is -1.91. The number of alkyl halides is 1. The van der Waals surface area contributed by atoms with Gasteiger partial charge in [-0.15, -0.1) is 0 Å². The van der Waals surface area contributed by atoms with Crippen molar-refractivity contribution < 1.29 is 19.0 Å². The number of carbonyl (C=O) groups is 1. The maximum atomic E-state index is 13.6. The zero-order valence-corrected chi connectivity index (χ0v) is 9.50. The molecule has 0 amide bonds. The number of halogens is 2. The maximum absolute atomic E-state index is 13.6. The first-order chi connectivity index (χ1) is 7.41. The van der Waals surface area contributed by atoms with Gasteiger partial charge in [-0.25, -0.2) is 4.39 Å². The molecule has 0 saturated heterocycles. The lowest BCUT2D eigenvalue weighted by Gasteiger charge is -2.19. The Morgan fingerprint density at radius 3 is 2.75 bits per heavy atom. The van der Waals surface area contributed by atoms with Gasteiger partial charge in [0.15, 0.2) is 5.67 Å². The number of carboxylic acid groups (broad SMARTS) is 1. The first kappa shape index (κ1) is 12.8. The summed E-state index contributed by atoms with van der Waals surface area (Å²) in [7, 11) is 0. The molecule has 0 bridgehead atoms. The van der Waals surface area contributed by atoms with Gasteiger partial charge in [-0.1, -0.05) is 23.7 Å². The van der Waals surface area contributed by atoms with E-state index in [4.69, 9.17) is 21.4 Å². The van der Waals surface area contributed by atoms with Gasteiger partial charge in [0.2, 0.25) is 0 Å². The molecule has 1 aromatic carbocycles. The number of para-hydroxylation sites is 1. The number of benzene rings is 1. The lowest BCUT2D eigenvalue weighted by Crippen LogP contribution is -2.30. The summed E-state index contributed by atoms with van der Waals surface area (Å²) in [6, 6.07) is 6.64. The summed E-state index contributed by atoms with van der Waals surface area (Å²) >= 11 is 5.80. The molecule has 5 heteroatoms. The summed E-state index contributed by atoms with van der Waals surface area (Å²) in [4.78, 5) is 10.4. The van der Waals surface area contributed by atoms with E-state index in [1.165, 1.54) is 6.92 Å². The first-order valence-electron chi connectivity index (χ1n) is 4.69. The van der Waals surface area contributed by atoms with Crippen LogP contribution in [0.4, 0.5) is 4.39 Å². The third-order valence-electron chi connectivity index (χ3n) is 1.89. The van der Waals surface area contributed by atoms with Crippen LogP contribution in [-0.4, -0.2) is 23.4 Å². The van der Waals surface area contributed by atoms with E-state index in [0.29, 0.717) is 10.8 Å². The van der Waals surface area contributed by atoms with Gasteiger partial charge < -0.3 is 9.84 Å². The fourth-order valence-electron chi connectivity index (χ4n) is 1.16. The highest BCUT2D eigenvalue weighted by Gasteiger charge is 2.28. The molecule has 1 aromatic rings. The van der Waals surface area contributed by atoms with Gasteiger partial charge >= 0.3 is 5.97 Å². The van der Waals surface area contributed by atoms with Crippen LogP contribution in [0.25, 0.3) is 0 Å². The second kappa shape index (κ2) is 5.16. The Bertz CT molecular complexity index is 379. The minimum Gasteiger partial charge on any atom is -0.489 e. The minimum absolute atomic E-state index is 0.344. The van der Waals surface area contributed by atoms with Gasteiger partial charge in [0.05, 0.1) is 11.4 Å². The highest BCUT2D eigenvalue weighted by Crippen LogP contribution is 2.25. The maximum Gasteiger partial charge on any atom is 0.306 e. The Morgan fingerprint density at radius 2 is 2.19 bits per heavy atom. The quantitative estimate of drug-likeness (QED) is 0.869. The largest absolute Gasteiger partial charge is 0.489 e. The molecule has 1 N–H and O–H groups in total. The van der Waals surface area contributed by atoms with E-state index in [0.717, 1.165) is 0 Å². The van der Waals surface area contributed by atoms with E-state index in [-0.39, 0.29) is 6.61 Å². The zero-order chi connectivity index (χ0) is 12.2. The van der Waals surface area contributed by atoms with Crippen LogP contribution in [0.15, 0.2) is 24.3 Å². The number of ether oxygens (including phenoxy) is 1. The van der Waals surface area contributed by atoms with Crippen molar-refractivity contribution in [2.24, 2.45) is 0 Å². The molecule has 0 aliphatic heterocycles. The van der Waals surface area contributed by atoms with Crippen LogP contribution in [0.3, 0.4) is 0 Å². The molecule has 1 rings (SSSR count). The number of carboxylic acids is 1. The van der Waals surface area contributed by atoms with E-state index in [1.807, 2.05) is 0 Å². The van der Waals surface area contributed by atoms with E-state index in [1.54, 1.807) is 24.3 Å². The second-order valence-corrected chi connectivity index (χ2v) is 4.11. The fraction of sp³-hybridized carbons (Fsp3) is 0.364. The standard InChI is InChI=1S/C11H12ClFO3/c1-11(13,6-10(14)15)7-16-9-5-3-2-4-8(9)12/h2-5H,6-7H2,1H3,(H,14,15). The SMILES string of the molecule is CC(F)(COc1ccccc1Cl)CC(=O)O. The summed E-state index contributed by atoms with van der Waals surface area (Å²) in [6.07, 6.45) is -0.600. The van der Waals surface area contributed by atoms with E-state index >= 15 is 0 Å². The van der Waals surface area contributed by atoms with Gasteiger partial charge in [-0.3, -0.25) is 4.79 Å². The third-order valence-corrected chi connectivity index (χ3v) is 2.20. The third kappa shape index (κ3) is 4.06. The van der Waals surface area contributed by atoms with Crippen molar-refractivity contribution in [2.75, 3.05) is 6.61 Å². The predicted molar refractivity (Wildman–Crippen MR) is 58.7 cm³/mol. The Morgan fingerprint density at radius 1 is 1.56 bits per heavy atom. The summed E-state index contributed by atoms with van der Waals surface area (Å²) in [5, 5.41) is 8.85. The summed E-state index contributed by atoms with van der Waals surface area (Å²) in [5.74, 6) is -0.855. The van der Waals surface area contributed by atoms with Crippen molar-refractivity contribution in [3.63, 3.8) is 0 Å². The molecular weight excluding hydrogens is 235 g/mol. The summed E-state index contributed by atoms with van der Waals surface area (Å²) in [6.45, 7) is 0.834. The Kier molecular flexibility index (Phi) is 4.12. The van der Waals surface area contributed by atoms with Crippen LogP contribution >= 0.6 is 11.6 Å². The highest BCUT2D eigenvalue weighted by atomic mass is 35.5. The van der Waals surface area contributed by atoms with Gasteiger partial charge in [-0.2, -0.15) is 0 Å². The molecule has 3 nitrogen and oxygen atoms in total. The van der Waals surface area contributed by atoms with Crippen molar-refractivity contribution in [2.45, 2.75) is 19.0 Å². The molecule has 16 heavy (non-hydrogen) atoms. The number of aliphatic carboxylic acids is 1. The smallest absolute Gasteiger partial charge is 0.306 e. The van der Waals surface area contributed by atoms with Crippen molar-refractivity contribution in [3.05, 3.63) is 29.3 Å². The normalized spacial score (nSPS) is 14.2. The van der Waals surface area contributed by atoms with Crippen molar-refractivity contribution in [1.29, 1.82) is 0 Å². The molecular formula is C11H12ClFO3. The van der Waals surface area contributed by atoms with E-state index in [2.05, 4.69) is 0 Å². The number of rotatable bonds is 5. The molecule has 0 fully saturated rings. The van der Waals surface area contributed by atoms with E-state index in [9.17, 15) is 9.18 Å². The lowest BCUT2D eigenvalue weighted by atomic mass is 10.1. The summed E-state index contributed by atoms with van der Waals surface area (Å²) < 4.78 is 18.7. The molecule has 0 heterocycles. The molecule has 0 radical (unpaired) electrons. The van der Waals surface area contributed by atoms with Gasteiger partial charge in [0.1, 0.15) is 12.4 Å². The average Bonchev–Trinajstić information content (AvgIpc) is 2.14. The zero-order valence-electron chi connectivity index (χ0n) is 8.74. The average molecular weight is 247 g/mol. The van der Waals surface area contributed by atoms with Crippen LogP contribution in [0.2, 0.25) is 5.02 Å². The second-order valence-electron chi connectivity index (χ2n) is 3.70. The number of hydrogen-bond donors (Lipinski definition) is 1.